The van der Waals surface area contributed by atoms with E-state index in [0.29, 0.717) is 0 Å². The van der Waals surface area contributed by atoms with Gasteiger partial charge in [0.1, 0.15) is 0 Å². The minimum atomic E-state index is 0.866. The maximum atomic E-state index is 4.32. The molecule has 0 radical (unpaired) electrons. The number of pyridine rings is 1. The van der Waals surface area contributed by atoms with Crippen LogP contribution in [0.5, 0.6) is 0 Å². The summed E-state index contributed by atoms with van der Waals surface area (Å²) in [4.78, 5) is 6.73. The number of anilines is 1. The molecule has 0 aromatic carbocycles. The number of aromatic nitrogens is 1. The Bertz CT molecular complexity index is 386. The van der Waals surface area contributed by atoms with Crippen molar-refractivity contribution in [2.75, 3.05) is 25.0 Å². The molecule has 1 heterocycles. The number of rotatable bonds is 7. The molecule has 0 amide bonds. The second kappa shape index (κ2) is 8.25. The summed E-state index contributed by atoms with van der Waals surface area (Å²) in [6.45, 7) is 5.40. The van der Waals surface area contributed by atoms with Crippen LogP contribution in [0.3, 0.4) is 0 Å². The molecular weight excluding hydrogens is 246 g/mol. The fourth-order valence-corrected chi connectivity index (χ4v) is 3.16. The first-order chi connectivity index (χ1) is 9.81. The number of hydrogen-bond donors (Lipinski definition) is 1. The Kier molecular flexibility index (Phi) is 6.31. The Morgan fingerprint density at radius 3 is 2.85 bits per heavy atom. The van der Waals surface area contributed by atoms with Crippen molar-refractivity contribution in [2.45, 2.75) is 52.0 Å². The Morgan fingerprint density at radius 1 is 1.30 bits per heavy atom. The van der Waals surface area contributed by atoms with Crippen LogP contribution in [0, 0.1) is 5.92 Å². The molecule has 0 saturated heterocycles. The van der Waals surface area contributed by atoms with E-state index in [9.17, 15) is 0 Å². The molecule has 1 aliphatic rings. The molecule has 2 rings (SSSR count). The lowest BCUT2D eigenvalue weighted by Crippen LogP contribution is -2.28. The van der Waals surface area contributed by atoms with Gasteiger partial charge in [0, 0.05) is 26.3 Å². The summed E-state index contributed by atoms with van der Waals surface area (Å²) < 4.78 is 0. The van der Waals surface area contributed by atoms with Crippen molar-refractivity contribution < 1.29 is 0 Å². The Morgan fingerprint density at radius 2 is 2.10 bits per heavy atom. The van der Waals surface area contributed by atoms with Gasteiger partial charge in [0.2, 0.25) is 0 Å². The van der Waals surface area contributed by atoms with Gasteiger partial charge < -0.3 is 10.2 Å². The van der Waals surface area contributed by atoms with E-state index in [-0.39, 0.29) is 0 Å². The molecule has 0 bridgehead atoms. The summed E-state index contributed by atoms with van der Waals surface area (Å²) in [5.41, 5.74) is 2.66. The van der Waals surface area contributed by atoms with Gasteiger partial charge in [-0.25, -0.2) is 0 Å². The number of nitrogens with zero attached hydrogens (tertiary/aromatic N) is 2. The molecule has 112 valence electrons. The van der Waals surface area contributed by atoms with Crippen LogP contribution in [-0.2, 0) is 6.54 Å². The average molecular weight is 275 g/mol. The molecule has 1 aromatic heterocycles. The highest BCUT2D eigenvalue weighted by Crippen LogP contribution is 2.26. The van der Waals surface area contributed by atoms with E-state index in [1.807, 2.05) is 12.4 Å². The molecule has 1 N–H and O–H groups in total. The van der Waals surface area contributed by atoms with Crippen molar-refractivity contribution in [1.29, 1.82) is 0 Å². The van der Waals surface area contributed by atoms with E-state index in [2.05, 4.69) is 35.2 Å². The van der Waals surface area contributed by atoms with Crippen molar-refractivity contribution >= 4 is 5.69 Å². The largest absolute Gasteiger partial charge is 0.373 e. The average Bonchev–Trinajstić information content (AvgIpc) is 2.49. The molecule has 1 aliphatic carbocycles. The van der Waals surface area contributed by atoms with E-state index in [0.717, 1.165) is 19.0 Å². The Labute approximate surface area is 123 Å². The van der Waals surface area contributed by atoms with Gasteiger partial charge >= 0.3 is 0 Å². The quantitative estimate of drug-likeness (QED) is 0.771. The summed E-state index contributed by atoms with van der Waals surface area (Å²) in [5, 5.41) is 3.50. The lowest BCUT2D eigenvalue weighted by molar-refractivity contribution is 0.362. The van der Waals surface area contributed by atoms with Crippen molar-refractivity contribution in [3.8, 4) is 0 Å². The van der Waals surface area contributed by atoms with E-state index in [1.165, 1.54) is 56.3 Å². The lowest BCUT2D eigenvalue weighted by Gasteiger charge is -2.29. The molecule has 0 aliphatic heterocycles. The number of nitrogens with one attached hydrogen (secondary N) is 1. The van der Waals surface area contributed by atoms with Gasteiger partial charge in [0.15, 0.2) is 0 Å². The van der Waals surface area contributed by atoms with E-state index in [4.69, 9.17) is 0 Å². The standard InChI is InChI=1S/C17H29N3/c1-3-10-18-12-16-9-11-19-13-17(16)20(2)14-15-7-5-4-6-8-15/h9,11,13,15,18H,3-8,10,12,14H2,1-2H3. The molecule has 3 nitrogen and oxygen atoms in total. The normalized spacial score (nSPS) is 16.3. The monoisotopic (exact) mass is 275 g/mol. The van der Waals surface area contributed by atoms with E-state index in [1.54, 1.807) is 0 Å². The predicted molar refractivity (Wildman–Crippen MR) is 86.1 cm³/mol. The summed E-state index contributed by atoms with van der Waals surface area (Å²) in [6, 6.07) is 2.15. The summed E-state index contributed by atoms with van der Waals surface area (Å²) >= 11 is 0. The molecule has 1 fully saturated rings. The van der Waals surface area contributed by atoms with Gasteiger partial charge in [-0.1, -0.05) is 26.2 Å². The summed E-state index contributed by atoms with van der Waals surface area (Å²) in [6.07, 6.45) is 12.2. The van der Waals surface area contributed by atoms with Crippen LogP contribution in [0.1, 0.15) is 51.0 Å². The fraction of sp³-hybridized carbons (Fsp3) is 0.706. The van der Waals surface area contributed by atoms with Crippen LogP contribution in [0.2, 0.25) is 0 Å². The minimum absolute atomic E-state index is 0.866. The van der Waals surface area contributed by atoms with Crippen LogP contribution in [0.4, 0.5) is 5.69 Å². The van der Waals surface area contributed by atoms with Crippen molar-refractivity contribution in [3.63, 3.8) is 0 Å². The predicted octanol–water partition coefficient (Wildman–Crippen LogP) is 3.60. The second-order valence-corrected chi connectivity index (χ2v) is 6.07. The lowest BCUT2D eigenvalue weighted by atomic mass is 9.89. The third-order valence-electron chi connectivity index (χ3n) is 4.30. The van der Waals surface area contributed by atoms with Crippen LogP contribution in [0.15, 0.2) is 18.5 Å². The molecular formula is C17H29N3. The van der Waals surface area contributed by atoms with Crippen molar-refractivity contribution in [2.24, 2.45) is 5.92 Å². The van der Waals surface area contributed by atoms with Gasteiger partial charge in [0.25, 0.3) is 0 Å². The second-order valence-electron chi connectivity index (χ2n) is 6.07. The molecule has 0 atom stereocenters. The molecule has 20 heavy (non-hydrogen) atoms. The van der Waals surface area contributed by atoms with Gasteiger partial charge in [-0.05, 0) is 43.4 Å². The van der Waals surface area contributed by atoms with Crippen molar-refractivity contribution in [1.82, 2.24) is 10.3 Å². The maximum Gasteiger partial charge on any atom is 0.0595 e. The molecule has 3 heteroatoms. The van der Waals surface area contributed by atoms with Crippen LogP contribution in [0.25, 0.3) is 0 Å². The first kappa shape index (κ1) is 15.3. The molecule has 0 unspecified atom stereocenters. The highest BCUT2D eigenvalue weighted by Gasteiger charge is 2.17. The highest BCUT2D eigenvalue weighted by molar-refractivity contribution is 5.51. The zero-order valence-corrected chi connectivity index (χ0v) is 13.1. The SMILES string of the molecule is CCCNCc1ccncc1N(C)CC1CCCCC1. The first-order valence-corrected chi connectivity index (χ1v) is 8.16. The highest BCUT2D eigenvalue weighted by atomic mass is 15.1. The van der Waals surface area contributed by atoms with E-state index < -0.39 is 0 Å². The van der Waals surface area contributed by atoms with Crippen LogP contribution in [-0.4, -0.2) is 25.1 Å². The topological polar surface area (TPSA) is 28.2 Å². The maximum absolute atomic E-state index is 4.32. The van der Waals surface area contributed by atoms with E-state index >= 15 is 0 Å². The van der Waals surface area contributed by atoms with Crippen molar-refractivity contribution in [3.05, 3.63) is 24.0 Å². The smallest absolute Gasteiger partial charge is 0.0595 e. The first-order valence-electron chi connectivity index (χ1n) is 8.16. The van der Waals surface area contributed by atoms with Gasteiger partial charge in [0.05, 0.1) is 11.9 Å². The fourth-order valence-electron chi connectivity index (χ4n) is 3.16. The van der Waals surface area contributed by atoms with Gasteiger partial charge in [-0.3, -0.25) is 4.98 Å². The Balaban J connectivity index is 1.95. The summed E-state index contributed by atoms with van der Waals surface area (Å²) in [5.74, 6) is 0.866. The molecule has 0 spiro atoms. The van der Waals surface area contributed by atoms with Gasteiger partial charge in [-0.2, -0.15) is 0 Å². The number of hydrogen-bond acceptors (Lipinski definition) is 3. The molecule has 1 saturated carbocycles. The third-order valence-corrected chi connectivity index (χ3v) is 4.30. The van der Waals surface area contributed by atoms with Gasteiger partial charge in [-0.15, -0.1) is 0 Å². The van der Waals surface area contributed by atoms with Crippen LogP contribution < -0.4 is 10.2 Å². The minimum Gasteiger partial charge on any atom is -0.373 e. The van der Waals surface area contributed by atoms with Crippen LogP contribution >= 0.6 is 0 Å². The molecule has 1 aromatic rings. The zero-order chi connectivity index (χ0) is 14.2. The third kappa shape index (κ3) is 4.48. The zero-order valence-electron chi connectivity index (χ0n) is 13.1. The summed E-state index contributed by atoms with van der Waals surface area (Å²) in [7, 11) is 2.22. The Hall–Kier alpha value is -1.09.